The molecule has 0 radical (unpaired) electrons. The van der Waals surface area contributed by atoms with E-state index in [-0.39, 0.29) is 0 Å². The van der Waals surface area contributed by atoms with Gasteiger partial charge in [0, 0.05) is 12.2 Å². The zero-order valence-corrected chi connectivity index (χ0v) is 22.8. The molecule has 0 aromatic heterocycles. The second-order valence-electron chi connectivity index (χ2n) is 8.78. The molecule has 0 atom stereocenters. The van der Waals surface area contributed by atoms with Crippen LogP contribution in [0.5, 0.6) is 0 Å². The highest BCUT2D eigenvalue weighted by Gasteiger charge is 2.01. The fourth-order valence-electron chi connectivity index (χ4n) is 2.39. The Morgan fingerprint density at radius 3 is 1.65 bits per heavy atom. The van der Waals surface area contributed by atoms with Crippen molar-refractivity contribution in [3.63, 3.8) is 0 Å². The monoisotopic (exact) mass is 457 g/mol. The van der Waals surface area contributed by atoms with Gasteiger partial charge in [0.25, 0.3) is 0 Å². The van der Waals surface area contributed by atoms with Crippen molar-refractivity contribution in [3.8, 4) is 11.1 Å². The van der Waals surface area contributed by atoms with Crippen LogP contribution in [0.1, 0.15) is 71.9 Å². The largest absolute Gasteiger partial charge is 0.381 e. The first kappa shape index (κ1) is 30.9. The van der Waals surface area contributed by atoms with Crippen molar-refractivity contribution in [2.45, 2.75) is 67.7 Å². The highest BCUT2D eigenvalue weighted by Crippen LogP contribution is 2.22. The maximum atomic E-state index is 4.15. The Kier molecular flexibility index (Phi) is 16.7. The molecule has 34 heavy (non-hydrogen) atoms. The Bertz CT molecular complexity index is 916. The Morgan fingerprint density at radius 2 is 1.26 bits per heavy atom. The number of aryl methyl sites for hydroxylation is 1. The van der Waals surface area contributed by atoms with Gasteiger partial charge in [0.1, 0.15) is 0 Å². The van der Waals surface area contributed by atoms with Crippen molar-refractivity contribution in [1.82, 2.24) is 5.32 Å². The summed E-state index contributed by atoms with van der Waals surface area (Å²) in [6, 6.07) is 17.1. The van der Waals surface area contributed by atoms with E-state index in [1.54, 1.807) is 0 Å². The molecule has 1 N–H and O–H groups in total. The van der Waals surface area contributed by atoms with Crippen LogP contribution in [0, 0.1) is 6.92 Å². The lowest BCUT2D eigenvalue weighted by molar-refractivity contribution is 0.886. The summed E-state index contributed by atoms with van der Waals surface area (Å²) in [4.78, 5) is 0. The summed E-state index contributed by atoms with van der Waals surface area (Å²) in [5.74, 6) is 0. The minimum absolute atomic E-state index is 0.714. The molecule has 0 aliphatic carbocycles. The fraction of sp³-hybridized carbons (Fsp3) is 0.333. The first-order valence-corrected chi connectivity index (χ1v) is 12.4. The minimum Gasteiger partial charge on any atom is -0.381 e. The molecule has 0 aliphatic heterocycles. The molecule has 0 fully saturated rings. The van der Waals surface area contributed by atoms with Gasteiger partial charge in [-0.05, 0) is 56.4 Å². The molecule has 1 nitrogen and oxygen atoms in total. The number of hydrogen-bond donors (Lipinski definition) is 1. The van der Waals surface area contributed by atoms with Crippen molar-refractivity contribution in [3.05, 3.63) is 114 Å². The topological polar surface area (TPSA) is 12.0 Å². The van der Waals surface area contributed by atoms with E-state index in [9.17, 15) is 0 Å². The Morgan fingerprint density at radius 1 is 0.794 bits per heavy atom. The van der Waals surface area contributed by atoms with Crippen molar-refractivity contribution in [1.29, 1.82) is 0 Å². The van der Waals surface area contributed by atoms with Gasteiger partial charge in [0.05, 0.1) is 0 Å². The maximum absolute atomic E-state index is 4.15. The van der Waals surface area contributed by atoms with E-state index in [0.29, 0.717) is 6.54 Å². The Balaban J connectivity index is 0.00000103. The molecule has 0 bridgehead atoms. The van der Waals surface area contributed by atoms with Crippen LogP contribution in [0.15, 0.2) is 103 Å². The number of allylic oxidation sites excluding steroid dienone is 4. The van der Waals surface area contributed by atoms with Crippen LogP contribution in [-0.4, -0.2) is 6.54 Å². The average Bonchev–Trinajstić information content (AvgIpc) is 2.85. The second-order valence-corrected chi connectivity index (χ2v) is 8.78. The van der Waals surface area contributed by atoms with Gasteiger partial charge >= 0.3 is 0 Å². The standard InChI is InChI=1S/C24H27N.C5H10.C4H10/c1-6-21(10-7-18(2)3)17-25-20(5)22-13-15-24(16-14-22)23-11-8-19(4)9-12-23;1-4-5(2)3;1-3-4-2/h6-16,25H,1,5,17H2,2-4H3;2,4H2,1,3H3;3-4H2,1-2H3/b21-10+;;. The van der Waals surface area contributed by atoms with E-state index >= 15 is 0 Å². The Labute approximate surface area is 210 Å². The first-order chi connectivity index (χ1) is 16.2. The number of unbranched alkanes of at least 4 members (excludes halogenated alkanes) is 1. The highest BCUT2D eigenvalue weighted by atomic mass is 14.9. The molecule has 0 spiro atoms. The minimum atomic E-state index is 0.714. The molecule has 0 unspecified atom stereocenters. The molecular weight excluding hydrogens is 410 g/mol. The van der Waals surface area contributed by atoms with Crippen molar-refractivity contribution in [2.24, 2.45) is 0 Å². The van der Waals surface area contributed by atoms with E-state index in [2.05, 4.69) is 127 Å². The van der Waals surface area contributed by atoms with E-state index in [1.165, 1.54) is 40.7 Å². The van der Waals surface area contributed by atoms with Gasteiger partial charge in [-0.15, -0.1) is 6.58 Å². The summed E-state index contributed by atoms with van der Waals surface area (Å²) >= 11 is 0. The smallest absolute Gasteiger partial charge is 0.0400 e. The van der Waals surface area contributed by atoms with Crippen LogP contribution < -0.4 is 5.32 Å². The van der Waals surface area contributed by atoms with Gasteiger partial charge in [-0.25, -0.2) is 0 Å². The summed E-state index contributed by atoms with van der Waals surface area (Å²) < 4.78 is 0. The third-order valence-electron chi connectivity index (χ3n) is 5.12. The van der Waals surface area contributed by atoms with Gasteiger partial charge < -0.3 is 5.32 Å². The third kappa shape index (κ3) is 14.2. The summed E-state index contributed by atoms with van der Waals surface area (Å²) in [5.41, 5.74) is 9.40. The van der Waals surface area contributed by atoms with Crippen molar-refractivity contribution >= 4 is 5.70 Å². The fourth-order valence-corrected chi connectivity index (χ4v) is 2.39. The molecule has 0 saturated heterocycles. The van der Waals surface area contributed by atoms with E-state index in [1.807, 2.05) is 13.0 Å². The lowest BCUT2D eigenvalue weighted by Gasteiger charge is -2.11. The van der Waals surface area contributed by atoms with Gasteiger partial charge in [0.2, 0.25) is 0 Å². The quantitative estimate of drug-likeness (QED) is 0.292. The zero-order chi connectivity index (χ0) is 25.9. The molecule has 0 amide bonds. The molecule has 0 heterocycles. The number of benzene rings is 2. The summed E-state index contributed by atoms with van der Waals surface area (Å²) in [5, 5.41) is 3.38. The number of rotatable bonds is 9. The van der Waals surface area contributed by atoms with Crippen LogP contribution in [0.2, 0.25) is 0 Å². The van der Waals surface area contributed by atoms with Gasteiger partial charge in [-0.3, -0.25) is 0 Å². The summed E-state index contributed by atoms with van der Waals surface area (Å²) in [7, 11) is 0. The Hall–Kier alpha value is -3.06. The van der Waals surface area contributed by atoms with E-state index in [0.717, 1.165) is 23.3 Å². The summed E-state index contributed by atoms with van der Waals surface area (Å²) in [6.45, 7) is 27.2. The lowest BCUT2D eigenvalue weighted by atomic mass is 10.0. The molecule has 0 saturated carbocycles. The van der Waals surface area contributed by atoms with Gasteiger partial charge in [-0.1, -0.05) is 130 Å². The molecular formula is C33H47N. The van der Waals surface area contributed by atoms with Crippen LogP contribution in [0.3, 0.4) is 0 Å². The first-order valence-electron chi connectivity index (χ1n) is 12.4. The highest BCUT2D eigenvalue weighted by molar-refractivity contribution is 5.69. The molecule has 184 valence electrons. The van der Waals surface area contributed by atoms with E-state index in [4.69, 9.17) is 0 Å². The third-order valence-corrected chi connectivity index (χ3v) is 5.12. The molecule has 1 heteroatoms. The van der Waals surface area contributed by atoms with Crippen LogP contribution >= 0.6 is 0 Å². The molecule has 0 aliphatic rings. The van der Waals surface area contributed by atoms with Crippen LogP contribution in [0.25, 0.3) is 16.8 Å². The SMILES string of the molecule is C=C(C)CC.C=C/C(=C\C=C(C)C)CNC(=C)c1ccc(-c2ccc(C)cc2)cc1.CCCC. The summed E-state index contributed by atoms with van der Waals surface area (Å²) in [6.07, 6.45) is 9.81. The number of nitrogens with one attached hydrogen (secondary N) is 1. The van der Waals surface area contributed by atoms with Gasteiger partial charge in [-0.2, -0.15) is 0 Å². The molecule has 2 aromatic carbocycles. The molecule has 2 rings (SSSR count). The van der Waals surface area contributed by atoms with Crippen LogP contribution in [0.4, 0.5) is 0 Å². The number of hydrogen-bond acceptors (Lipinski definition) is 1. The normalized spacial score (nSPS) is 10.0. The lowest BCUT2D eigenvalue weighted by Crippen LogP contribution is -2.14. The predicted molar refractivity (Wildman–Crippen MR) is 157 cm³/mol. The van der Waals surface area contributed by atoms with Crippen molar-refractivity contribution < 1.29 is 0 Å². The molecule has 2 aromatic rings. The maximum Gasteiger partial charge on any atom is 0.0400 e. The van der Waals surface area contributed by atoms with Crippen molar-refractivity contribution in [2.75, 3.05) is 6.54 Å². The van der Waals surface area contributed by atoms with Gasteiger partial charge in [0.15, 0.2) is 0 Å². The average molecular weight is 458 g/mol. The predicted octanol–water partition coefficient (Wildman–Crippen LogP) is 10.1. The van der Waals surface area contributed by atoms with Crippen LogP contribution in [-0.2, 0) is 0 Å². The second kappa shape index (κ2) is 18.4. The van der Waals surface area contributed by atoms with E-state index < -0.39 is 0 Å². The zero-order valence-electron chi connectivity index (χ0n) is 22.8.